The highest BCUT2D eigenvalue weighted by Crippen LogP contribution is 2.36. The number of halogens is 2. The van der Waals surface area contributed by atoms with E-state index in [9.17, 15) is 9.18 Å². The minimum atomic E-state index is -0.519. The van der Waals surface area contributed by atoms with E-state index in [0.29, 0.717) is 19.1 Å². The fourth-order valence-electron chi connectivity index (χ4n) is 5.75. The molecule has 2 aliphatic rings. The van der Waals surface area contributed by atoms with Gasteiger partial charge in [-0.2, -0.15) is 0 Å². The van der Waals surface area contributed by atoms with Crippen molar-refractivity contribution in [2.24, 2.45) is 0 Å². The van der Waals surface area contributed by atoms with Crippen LogP contribution in [0.3, 0.4) is 0 Å². The van der Waals surface area contributed by atoms with Crippen LogP contribution >= 0.6 is 11.6 Å². The molecule has 3 heterocycles. The van der Waals surface area contributed by atoms with Crippen LogP contribution in [-0.4, -0.2) is 51.8 Å². The number of piperidine rings is 1. The summed E-state index contributed by atoms with van der Waals surface area (Å²) >= 11 is 6.16. The lowest BCUT2D eigenvalue weighted by Gasteiger charge is -2.34. The van der Waals surface area contributed by atoms with Gasteiger partial charge in [0.25, 0.3) is 0 Å². The molecule has 0 radical (unpaired) electrons. The molecule has 0 spiro atoms. The average molecular weight is 553 g/mol. The van der Waals surface area contributed by atoms with E-state index in [2.05, 4.69) is 40.3 Å². The summed E-state index contributed by atoms with van der Waals surface area (Å²) in [6.45, 7) is 7.92. The highest BCUT2D eigenvalue weighted by atomic mass is 35.5. The van der Waals surface area contributed by atoms with Crippen molar-refractivity contribution in [1.82, 2.24) is 19.8 Å². The fraction of sp³-hybridized carbons (Fsp3) is 0.484. The van der Waals surface area contributed by atoms with Gasteiger partial charge in [0.2, 0.25) is 0 Å². The molecule has 8 heteroatoms. The zero-order valence-corrected chi connectivity index (χ0v) is 23.8. The predicted molar refractivity (Wildman–Crippen MR) is 153 cm³/mol. The minimum Gasteiger partial charge on any atom is -0.444 e. The van der Waals surface area contributed by atoms with Crippen molar-refractivity contribution in [1.29, 1.82) is 0 Å². The van der Waals surface area contributed by atoms with E-state index in [1.165, 1.54) is 11.6 Å². The number of hydrogen-bond acceptors (Lipinski definition) is 4. The molecule has 5 rings (SSSR count). The van der Waals surface area contributed by atoms with Crippen LogP contribution in [0.15, 0.2) is 54.7 Å². The van der Waals surface area contributed by atoms with Gasteiger partial charge in [0.15, 0.2) is 0 Å². The van der Waals surface area contributed by atoms with Gasteiger partial charge in [-0.25, -0.2) is 14.2 Å². The van der Waals surface area contributed by atoms with Gasteiger partial charge >= 0.3 is 6.09 Å². The fourth-order valence-corrected chi connectivity index (χ4v) is 5.93. The van der Waals surface area contributed by atoms with Crippen LogP contribution in [0.1, 0.15) is 69.8 Å². The van der Waals surface area contributed by atoms with Gasteiger partial charge in [-0.3, -0.25) is 0 Å². The van der Waals surface area contributed by atoms with Crippen molar-refractivity contribution in [2.75, 3.05) is 19.6 Å². The highest BCUT2D eigenvalue weighted by molar-refractivity contribution is 6.31. The zero-order chi connectivity index (χ0) is 27.6. The second-order valence-corrected chi connectivity index (χ2v) is 12.1. The van der Waals surface area contributed by atoms with E-state index in [4.69, 9.17) is 21.3 Å². The molecule has 2 fully saturated rings. The third-order valence-corrected chi connectivity index (χ3v) is 7.99. The number of hydrogen-bond donors (Lipinski definition) is 1. The van der Waals surface area contributed by atoms with Crippen molar-refractivity contribution in [2.45, 2.75) is 76.5 Å². The lowest BCUT2D eigenvalue weighted by Crippen LogP contribution is -2.42. The highest BCUT2D eigenvalue weighted by Gasteiger charge is 2.34. The van der Waals surface area contributed by atoms with E-state index in [0.717, 1.165) is 55.7 Å². The summed E-state index contributed by atoms with van der Waals surface area (Å²) in [5.74, 6) is 0.767. The number of carbonyl (C=O) groups excluding carboxylic acids is 1. The van der Waals surface area contributed by atoms with Crippen molar-refractivity contribution < 1.29 is 13.9 Å². The molecule has 1 amide bonds. The second-order valence-electron chi connectivity index (χ2n) is 11.7. The van der Waals surface area contributed by atoms with Gasteiger partial charge in [-0.15, -0.1) is 0 Å². The molecule has 208 valence electrons. The molecule has 2 aliphatic heterocycles. The summed E-state index contributed by atoms with van der Waals surface area (Å²) < 4.78 is 21.9. The Bertz CT molecular complexity index is 1280. The summed E-state index contributed by atoms with van der Waals surface area (Å²) in [5.41, 5.74) is 2.35. The second kappa shape index (κ2) is 11.7. The van der Waals surface area contributed by atoms with Crippen LogP contribution < -0.4 is 5.32 Å². The first-order valence-electron chi connectivity index (χ1n) is 14.0. The SMILES string of the molecule is CC(C)(C)OC(=O)N1CCC(c2nc(-c3ccc(F)c(Cl)c3)cn2[C@@H](Cc2ccccc2)C2CCCN2)CC1. The van der Waals surface area contributed by atoms with Gasteiger partial charge < -0.3 is 19.5 Å². The molecule has 0 bridgehead atoms. The first-order valence-corrected chi connectivity index (χ1v) is 14.3. The van der Waals surface area contributed by atoms with E-state index in [1.807, 2.05) is 26.8 Å². The van der Waals surface area contributed by atoms with Gasteiger partial charge in [0.1, 0.15) is 17.2 Å². The van der Waals surface area contributed by atoms with Crippen molar-refractivity contribution in [3.8, 4) is 11.3 Å². The van der Waals surface area contributed by atoms with Crippen LogP contribution in [0.5, 0.6) is 0 Å². The van der Waals surface area contributed by atoms with Crippen LogP contribution in [-0.2, 0) is 11.2 Å². The van der Waals surface area contributed by atoms with Gasteiger partial charge in [-0.1, -0.05) is 41.9 Å². The topological polar surface area (TPSA) is 59.4 Å². The third-order valence-electron chi connectivity index (χ3n) is 7.70. The Balaban J connectivity index is 1.48. The molecular formula is C31H38ClFN4O2. The minimum absolute atomic E-state index is 0.0903. The van der Waals surface area contributed by atoms with Crippen molar-refractivity contribution in [3.63, 3.8) is 0 Å². The number of ether oxygens (including phenoxy) is 1. The Morgan fingerprint density at radius 1 is 1.15 bits per heavy atom. The molecular weight excluding hydrogens is 515 g/mol. The number of nitrogens with one attached hydrogen (secondary N) is 1. The number of benzene rings is 2. The van der Waals surface area contributed by atoms with Crippen molar-refractivity contribution in [3.05, 3.63) is 77.0 Å². The predicted octanol–water partition coefficient (Wildman–Crippen LogP) is 6.99. The number of nitrogens with zero attached hydrogens (tertiary/aromatic N) is 3. The lowest BCUT2D eigenvalue weighted by atomic mass is 9.93. The van der Waals surface area contributed by atoms with Crippen LogP contribution in [0.2, 0.25) is 5.02 Å². The number of aromatic nitrogens is 2. The molecule has 2 aromatic carbocycles. The van der Waals surface area contributed by atoms with E-state index in [-0.39, 0.29) is 23.1 Å². The number of carbonyl (C=O) groups is 1. The van der Waals surface area contributed by atoms with Gasteiger partial charge in [0.05, 0.1) is 16.8 Å². The largest absolute Gasteiger partial charge is 0.444 e. The number of amides is 1. The molecule has 2 saturated heterocycles. The zero-order valence-electron chi connectivity index (χ0n) is 23.0. The lowest BCUT2D eigenvalue weighted by molar-refractivity contribution is 0.0202. The first kappa shape index (κ1) is 27.7. The molecule has 3 aromatic rings. The third kappa shape index (κ3) is 6.64. The summed E-state index contributed by atoms with van der Waals surface area (Å²) in [7, 11) is 0. The van der Waals surface area contributed by atoms with Crippen LogP contribution in [0.25, 0.3) is 11.3 Å². The monoisotopic (exact) mass is 552 g/mol. The number of imidazole rings is 1. The average Bonchev–Trinajstić information content (AvgIpc) is 3.60. The normalized spacial score (nSPS) is 19.3. The van der Waals surface area contributed by atoms with E-state index < -0.39 is 11.4 Å². The maximum atomic E-state index is 14.0. The molecule has 1 N–H and O–H groups in total. The molecule has 2 atom stereocenters. The smallest absolute Gasteiger partial charge is 0.410 e. The Morgan fingerprint density at radius 3 is 2.54 bits per heavy atom. The Kier molecular flexibility index (Phi) is 8.29. The quantitative estimate of drug-likeness (QED) is 0.358. The number of rotatable bonds is 6. The van der Waals surface area contributed by atoms with E-state index in [1.54, 1.807) is 17.0 Å². The van der Waals surface area contributed by atoms with Crippen molar-refractivity contribution >= 4 is 17.7 Å². The van der Waals surface area contributed by atoms with Gasteiger partial charge in [0, 0.05) is 36.8 Å². The van der Waals surface area contributed by atoms with Gasteiger partial charge in [-0.05, 0) is 83.2 Å². The molecule has 1 aromatic heterocycles. The summed E-state index contributed by atoms with van der Waals surface area (Å²) in [6.07, 6.45) is 6.59. The first-order chi connectivity index (χ1) is 18.7. The maximum absolute atomic E-state index is 14.0. The summed E-state index contributed by atoms with van der Waals surface area (Å²) in [6, 6.07) is 15.9. The number of likely N-dealkylation sites (tertiary alicyclic amines) is 1. The molecule has 0 saturated carbocycles. The summed E-state index contributed by atoms with van der Waals surface area (Å²) in [4.78, 5) is 19.6. The molecule has 1 unspecified atom stereocenters. The maximum Gasteiger partial charge on any atom is 0.410 e. The molecule has 39 heavy (non-hydrogen) atoms. The Hall–Kier alpha value is -2.90. The standard InChI is InChI=1S/C31H38ClFN4O2/c1-31(2,3)39-30(38)36-16-13-22(14-17-36)29-35-27(23-11-12-25(33)24(32)19-23)20-37(29)28(26-10-7-15-34-26)18-21-8-5-4-6-9-21/h4-6,8-9,11-12,19-20,22,26,28,34H,7,10,13-18H2,1-3H3/t26?,28-/m0/s1. The Labute approximate surface area is 235 Å². The molecule has 6 nitrogen and oxygen atoms in total. The van der Waals surface area contributed by atoms with Crippen LogP contribution in [0.4, 0.5) is 9.18 Å². The summed E-state index contributed by atoms with van der Waals surface area (Å²) in [5, 5.41) is 3.82. The van der Waals surface area contributed by atoms with E-state index >= 15 is 0 Å². The Morgan fingerprint density at radius 2 is 1.90 bits per heavy atom. The molecule has 0 aliphatic carbocycles. The van der Waals surface area contributed by atoms with Crippen LogP contribution in [0, 0.1) is 5.82 Å².